The predicted octanol–water partition coefficient (Wildman–Crippen LogP) is 0.482. The molecule has 1 saturated heterocycles. The fourth-order valence-corrected chi connectivity index (χ4v) is 3.99. The smallest absolute Gasteiger partial charge is 0.228 e. The molecular formula is C14H23NO3. The summed E-state index contributed by atoms with van der Waals surface area (Å²) < 4.78 is 0. The van der Waals surface area contributed by atoms with Gasteiger partial charge in [0.1, 0.15) is 0 Å². The van der Waals surface area contributed by atoms with E-state index in [0.29, 0.717) is 17.7 Å². The molecule has 0 aromatic carbocycles. The maximum atomic E-state index is 12.3. The molecule has 1 aliphatic heterocycles. The minimum atomic E-state index is -0.0796. The van der Waals surface area contributed by atoms with Crippen molar-refractivity contribution >= 4 is 5.91 Å². The highest BCUT2D eigenvalue weighted by atomic mass is 16.3. The molecule has 0 bridgehead atoms. The normalized spacial score (nSPS) is 40.9. The Morgan fingerprint density at radius 1 is 1.28 bits per heavy atom. The molecule has 3 aliphatic rings. The second kappa shape index (κ2) is 4.20. The van der Waals surface area contributed by atoms with Crippen LogP contribution >= 0.6 is 0 Å². The molecule has 0 aromatic heterocycles. The zero-order valence-corrected chi connectivity index (χ0v) is 11.0. The van der Waals surface area contributed by atoms with Gasteiger partial charge in [-0.3, -0.25) is 4.79 Å². The third-order valence-electron chi connectivity index (χ3n) is 5.50. The Morgan fingerprint density at radius 2 is 2.00 bits per heavy atom. The molecule has 0 spiro atoms. The van der Waals surface area contributed by atoms with Crippen molar-refractivity contribution in [2.45, 2.75) is 26.2 Å². The van der Waals surface area contributed by atoms with Gasteiger partial charge in [-0.2, -0.15) is 0 Å². The molecule has 2 saturated carbocycles. The Bertz CT molecular complexity index is 353. The summed E-state index contributed by atoms with van der Waals surface area (Å²) in [6.07, 6.45) is 3.02. The molecule has 4 heteroatoms. The van der Waals surface area contributed by atoms with Crippen LogP contribution in [0.25, 0.3) is 0 Å². The van der Waals surface area contributed by atoms with Crippen LogP contribution in [0.1, 0.15) is 26.2 Å². The van der Waals surface area contributed by atoms with Gasteiger partial charge < -0.3 is 15.1 Å². The van der Waals surface area contributed by atoms with Crippen LogP contribution in [0.15, 0.2) is 0 Å². The van der Waals surface area contributed by atoms with E-state index in [9.17, 15) is 15.0 Å². The second-order valence-electron chi connectivity index (χ2n) is 6.72. The molecule has 102 valence electrons. The largest absolute Gasteiger partial charge is 0.396 e. The number of nitrogens with zero attached hydrogens (tertiary/aromatic N) is 1. The summed E-state index contributed by atoms with van der Waals surface area (Å²) in [6, 6.07) is 0. The quantitative estimate of drug-likeness (QED) is 0.769. The van der Waals surface area contributed by atoms with E-state index in [4.69, 9.17) is 0 Å². The number of carbonyl (C=O) groups excluding carboxylic acids is 1. The first-order valence-electron chi connectivity index (χ1n) is 7.10. The number of carbonyl (C=O) groups is 1. The molecule has 1 amide bonds. The predicted molar refractivity (Wildman–Crippen MR) is 66.7 cm³/mol. The molecule has 3 rings (SSSR count). The summed E-state index contributed by atoms with van der Waals surface area (Å²) in [4.78, 5) is 14.3. The zero-order valence-electron chi connectivity index (χ0n) is 11.0. The molecule has 0 aromatic rings. The summed E-state index contributed by atoms with van der Waals surface area (Å²) >= 11 is 0. The summed E-state index contributed by atoms with van der Waals surface area (Å²) in [5.74, 6) is 1.63. The van der Waals surface area contributed by atoms with E-state index < -0.39 is 0 Å². The van der Waals surface area contributed by atoms with Gasteiger partial charge in [-0.25, -0.2) is 0 Å². The van der Waals surface area contributed by atoms with Crippen LogP contribution in [-0.4, -0.2) is 47.3 Å². The first-order chi connectivity index (χ1) is 8.59. The van der Waals surface area contributed by atoms with Crippen molar-refractivity contribution < 1.29 is 15.0 Å². The number of aliphatic hydroxyl groups is 2. The van der Waals surface area contributed by atoms with E-state index in [1.165, 1.54) is 0 Å². The van der Waals surface area contributed by atoms with E-state index >= 15 is 0 Å². The summed E-state index contributed by atoms with van der Waals surface area (Å²) in [6.45, 7) is 4.01. The highest BCUT2D eigenvalue weighted by molar-refractivity contribution is 5.85. The highest BCUT2D eigenvalue weighted by Gasteiger charge is 2.53. The molecule has 18 heavy (non-hydrogen) atoms. The maximum absolute atomic E-state index is 12.3. The van der Waals surface area contributed by atoms with E-state index in [1.807, 2.05) is 4.90 Å². The van der Waals surface area contributed by atoms with Crippen molar-refractivity contribution in [2.24, 2.45) is 29.1 Å². The van der Waals surface area contributed by atoms with Gasteiger partial charge in [0.25, 0.3) is 0 Å². The van der Waals surface area contributed by atoms with E-state index in [-0.39, 0.29) is 30.5 Å². The van der Waals surface area contributed by atoms with Crippen LogP contribution in [0.4, 0.5) is 0 Å². The van der Waals surface area contributed by atoms with Gasteiger partial charge in [0.2, 0.25) is 5.91 Å². The summed E-state index contributed by atoms with van der Waals surface area (Å²) in [5, 5.41) is 18.8. The first kappa shape index (κ1) is 12.4. The fraction of sp³-hybridized carbons (Fsp3) is 0.929. The summed E-state index contributed by atoms with van der Waals surface area (Å²) in [7, 11) is 0. The Balaban J connectivity index is 1.68. The number of likely N-dealkylation sites (tertiary alicyclic amines) is 1. The van der Waals surface area contributed by atoms with Crippen molar-refractivity contribution in [1.29, 1.82) is 0 Å². The third-order valence-corrected chi connectivity index (χ3v) is 5.50. The van der Waals surface area contributed by atoms with Gasteiger partial charge in [0.15, 0.2) is 0 Å². The molecule has 2 N–H and O–H groups in total. The van der Waals surface area contributed by atoms with Crippen LogP contribution in [0.5, 0.6) is 0 Å². The molecule has 4 nitrogen and oxygen atoms in total. The lowest BCUT2D eigenvalue weighted by atomic mass is 9.89. The van der Waals surface area contributed by atoms with Crippen LogP contribution in [0.3, 0.4) is 0 Å². The molecule has 0 radical (unpaired) electrons. The summed E-state index contributed by atoms with van der Waals surface area (Å²) in [5.41, 5.74) is -0.0796. The molecule has 3 fully saturated rings. The van der Waals surface area contributed by atoms with Crippen LogP contribution in [0.2, 0.25) is 0 Å². The fourth-order valence-electron chi connectivity index (χ4n) is 3.99. The number of fused-ring (bicyclic) bond motifs is 1. The van der Waals surface area contributed by atoms with Gasteiger partial charge in [-0.1, -0.05) is 6.92 Å². The first-order valence-corrected chi connectivity index (χ1v) is 7.10. The monoisotopic (exact) mass is 253 g/mol. The van der Waals surface area contributed by atoms with E-state index in [0.717, 1.165) is 32.4 Å². The average molecular weight is 253 g/mol. The lowest BCUT2D eigenvalue weighted by Gasteiger charge is -2.25. The van der Waals surface area contributed by atoms with Gasteiger partial charge >= 0.3 is 0 Å². The van der Waals surface area contributed by atoms with Crippen molar-refractivity contribution in [3.63, 3.8) is 0 Å². The molecule has 1 heterocycles. The van der Waals surface area contributed by atoms with Crippen LogP contribution in [-0.2, 0) is 4.79 Å². The van der Waals surface area contributed by atoms with E-state index in [2.05, 4.69) is 6.92 Å². The Labute approximate surface area is 108 Å². The Hall–Kier alpha value is -0.610. The highest BCUT2D eigenvalue weighted by Crippen LogP contribution is 2.50. The van der Waals surface area contributed by atoms with Gasteiger partial charge in [0, 0.05) is 31.7 Å². The van der Waals surface area contributed by atoms with Gasteiger partial charge in [-0.15, -0.1) is 0 Å². The van der Waals surface area contributed by atoms with Crippen LogP contribution in [0, 0.1) is 29.1 Å². The molecule has 0 unspecified atom stereocenters. The second-order valence-corrected chi connectivity index (χ2v) is 6.72. The number of hydrogen-bond donors (Lipinski definition) is 2. The number of rotatable bonds is 3. The topological polar surface area (TPSA) is 60.8 Å². The standard InChI is InChI=1S/C14H23NO3/c1-14(2-3-14)13(18)15-5-9-4-10(7-16)12(8-17)11(9)6-15/h9-12,16-17H,2-8H2,1H3/t9-,10+,11+,12-/m0/s1. The van der Waals surface area contributed by atoms with E-state index in [1.54, 1.807) is 0 Å². The SMILES string of the molecule is CC1(C(=O)N2C[C@@H]3C[C@H](CO)[C@H](CO)[C@@H]3C2)CC1. The van der Waals surface area contributed by atoms with Gasteiger partial charge in [-0.05, 0) is 42.9 Å². The Morgan fingerprint density at radius 3 is 2.56 bits per heavy atom. The Kier molecular flexibility index (Phi) is 2.90. The number of hydrogen-bond acceptors (Lipinski definition) is 3. The maximum Gasteiger partial charge on any atom is 0.228 e. The number of aliphatic hydroxyl groups excluding tert-OH is 2. The third kappa shape index (κ3) is 1.77. The molecular weight excluding hydrogens is 230 g/mol. The van der Waals surface area contributed by atoms with Crippen LogP contribution < -0.4 is 0 Å². The average Bonchev–Trinajstić information content (AvgIpc) is 2.87. The van der Waals surface area contributed by atoms with Crippen molar-refractivity contribution in [3.8, 4) is 0 Å². The van der Waals surface area contributed by atoms with Crippen molar-refractivity contribution in [1.82, 2.24) is 4.90 Å². The lowest BCUT2D eigenvalue weighted by Crippen LogP contribution is -2.36. The van der Waals surface area contributed by atoms with Crippen molar-refractivity contribution in [3.05, 3.63) is 0 Å². The number of amides is 1. The van der Waals surface area contributed by atoms with Gasteiger partial charge in [0.05, 0.1) is 0 Å². The zero-order chi connectivity index (χ0) is 12.9. The molecule has 4 atom stereocenters. The minimum absolute atomic E-state index is 0.0796. The lowest BCUT2D eigenvalue weighted by molar-refractivity contribution is -0.135. The van der Waals surface area contributed by atoms with Crippen molar-refractivity contribution in [2.75, 3.05) is 26.3 Å². The minimum Gasteiger partial charge on any atom is -0.396 e. The molecule has 2 aliphatic carbocycles.